The van der Waals surface area contributed by atoms with Crippen LogP contribution in [0.15, 0.2) is 18.5 Å². The van der Waals surface area contributed by atoms with Gasteiger partial charge in [-0.05, 0) is 38.6 Å². The van der Waals surface area contributed by atoms with Gasteiger partial charge in [0.1, 0.15) is 0 Å². The quantitative estimate of drug-likeness (QED) is 0.892. The zero-order valence-electron chi connectivity index (χ0n) is 13.3. The van der Waals surface area contributed by atoms with Gasteiger partial charge in [0, 0.05) is 37.9 Å². The maximum absolute atomic E-state index is 4.32. The van der Waals surface area contributed by atoms with Gasteiger partial charge in [-0.1, -0.05) is 13.8 Å². The SMILES string of the molecule is CC(C)NCc1ccncc1N1CCC(N(C)C)CC1. The number of aromatic nitrogens is 1. The molecular formula is C16H28N4. The van der Waals surface area contributed by atoms with Crippen molar-refractivity contribution in [3.8, 4) is 0 Å². The Kier molecular flexibility index (Phi) is 5.38. The van der Waals surface area contributed by atoms with E-state index in [2.05, 4.69) is 54.1 Å². The highest BCUT2D eigenvalue weighted by atomic mass is 15.2. The lowest BCUT2D eigenvalue weighted by Gasteiger charge is -2.37. The van der Waals surface area contributed by atoms with Gasteiger partial charge in [0.25, 0.3) is 0 Å². The van der Waals surface area contributed by atoms with Crippen molar-refractivity contribution in [2.45, 2.75) is 45.3 Å². The smallest absolute Gasteiger partial charge is 0.0598 e. The summed E-state index contributed by atoms with van der Waals surface area (Å²) in [5.41, 5.74) is 2.66. The van der Waals surface area contributed by atoms with E-state index in [1.165, 1.54) is 24.1 Å². The molecule has 1 aliphatic heterocycles. The average Bonchev–Trinajstić information content (AvgIpc) is 2.45. The van der Waals surface area contributed by atoms with Crippen molar-refractivity contribution in [3.05, 3.63) is 24.0 Å². The number of hydrogen-bond donors (Lipinski definition) is 1. The van der Waals surface area contributed by atoms with Gasteiger partial charge in [-0.25, -0.2) is 0 Å². The maximum Gasteiger partial charge on any atom is 0.0598 e. The summed E-state index contributed by atoms with van der Waals surface area (Å²) in [4.78, 5) is 9.16. The van der Waals surface area contributed by atoms with Crippen molar-refractivity contribution >= 4 is 5.69 Å². The molecule has 1 N–H and O–H groups in total. The number of hydrogen-bond acceptors (Lipinski definition) is 4. The standard InChI is InChI=1S/C16H28N4/c1-13(2)18-11-14-5-8-17-12-16(14)20-9-6-15(7-10-20)19(3)4/h5,8,12-13,15,18H,6-7,9-11H2,1-4H3. The average molecular weight is 276 g/mol. The van der Waals surface area contributed by atoms with Gasteiger partial charge in [-0.15, -0.1) is 0 Å². The first-order valence-corrected chi connectivity index (χ1v) is 7.65. The molecule has 0 radical (unpaired) electrons. The molecule has 2 heterocycles. The summed E-state index contributed by atoms with van der Waals surface area (Å²) in [6.07, 6.45) is 6.39. The van der Waals surface area contributed by atoms with E-state index in [1.54, 1.807) is 0 Å². The highest BCUT2D eigenvalue weighted by molar-refractivity contribution is 5.52. The third-order valence-electron chi connectivity index (χ3n) is 4.12. The number of pyridine rings is 1. The minimum atomic E-state index is 0.510. The topological polar surface area (TPSA) is 31.4 Å². The van der Waals surface area contributed by atoms with E-state index in [0.29, 0.717) is 6.04 Å². The zero-order valence-corrected chi connectivity index (χ0v) is 13.3. The third kappa shape index (κ3) is 3.93. The molecule has 4 nitrogen and oxygen atoms in total. The molecule has 20 heavy (non-hydrogen) atoms. The van der Waals surface area contributed by atoms with Crippen LogP contribution in [0.2, 0.25) is 0 Å². The van der Waals surface area contributed by atoms with E-state index in [9.17, 15) is 0 Å². The van der Waals surface area contributed by atoms with Crippen molar-refractivity contribution in [1.29, 1.82) is 0 Å². The predicted molar refractivity (Wildman–Crippen MR) is 85.1 cm³/mol. The number of anilines is 1. The molecule has 0 saturated carbocycles. The molecule has 4 heteroatoms. The molecule has 2 rings (SSSR count). The molecule has 1 aliphatic rings. The van der Waals surface area contributed by atoms with Crippen molar-refractivity contribution < 1.29 is 0 Å². The molecule has 1 aromatic rings. The molecule has 0 bridgehead atoms. The lowest BCUT2D eigenvalue weighted by Crippen LogP contribution is -2.42. The highest BCUT2D eigenvalue weighted by Crippen LogP contribution is 2.24. The van der Waals surface area contributed by atoms with Gasteiger partial charge >= 0.3 is 0 Å². The summed E-state index contributed by atoms with van der Waals surface area (Å²) < 4.78 is 0. The molecular weight excluding hydrogens is 248 g/mol. The Balaban J connectivity index is 2.02. The number of rotatable bonds is 5. The fraction of sp³-hybridized carbons (Fsp3) is 0.688. The Morgan fingerprint density at radius 2 is 2.05 bits per heavy atom. The first-order chi connectivity index (χ1) is 9.58. The van der Waals surface area contributed by atoms with Crippen LogP contribution >= 0.6 is 0 Å². The van der Waals surface area contributed by atoms with Gasteiger partial charge in [0.05, 0.1) is 11.9 Å². The van der Waals surface area contributed by atoms with E-state index in [0.717, 1.165) is 25.7 Å². The predicted octanol–water partition coefficient (Wildman–Crippen LogP) is 2.11. The minimum Gasteiger partial charge on any atom is -0.370 e. The Morgan fingerprint density at radius 3 is 2.65 bits per heavy atom. The molecule has 0 amide bonds. The summed E-state index contributed by atoms with van der Waals surface area (Å²) >= 11 is 0. The molecule has 112 valence electrons. The number of piperidine rings is 1. The second kappa shape index (κ2) is 7.04. The van der Waals surface area contributed by atoms with Gasteiger partial charge in [0.2, 0.25) is 0 Å². The second-order valence-corrected chi connectivity index (χ2v) is 6.22. The van der Waals surface area contributed by atoms with Crippen LogP contribution in [-0.4, -0.2) is 49.2 Å². The van der Waals surface area contributed by atoms with Crippen molar-refractivity contribution in [2.24, 2.45) is 0 Å². The first kappa shape index (κ1) is 15.3. The maximum atomic E-state index is 4.32. The monoisotopic (exact) mass is 276 g/mol. The normalized spacial score (nSPS) is 17.2. The largest absolute Gasteiger partial charge is 0.370 e. The lowest BCUT2D eigenvalue weighted by atomic mass is 10.0. The highest BCUT2D eigenvalue weighted by Gasteiger charge is 2.22. The molecule has 1 saturated heterocycles. The number of nitrogens with one attached hydrogen (secondary N) is 1. The van der Waals surface area contributed by atoms with Crippen LogP contribution in [-0.2, 0) is 6.54 Å². The number of nitrogens with zero attached hydrogens (tertiary/aromatic N) is 3. The Labute approximate surface area is 123 Å². The summed E-state index contributed by atoms with van der Waals surface area (Å²) in [7, 11) is 4.37. The van der Waals surface area contributed by atoms with E-state index in [-0.39, 0.29) is 0 Å². The van der Waals surface area contributed by atoms with E-state index in [1.807, 2.05) is 12.4 Å². The molecule has 1 fully saturated rings. The molecule has 0 aromatic carbocycles. The first-order valence-electron chi connectivity index (χ1n) is 7.65. The van der Waals surface area contributed by atoms with Crippen LogP contribution in [0.3, 0.4) is 0 Å². The fourth-order valence-corrected chi connectivity index (χ4v) is 2.79. The second-order valence-electron chi connectivity index (χ2n) is 6.22. The van der Waals surface area contributed by atoms with E-state index >= 15 is 0 Å². The van der Waals surface area contributed by atoms with Gasteiger partial charge in [-0.2, -0.15) is 0 Å². The van der Waals surface area contributed by atoms with Crippen molar-refractivity contribution in [3.63, 3.8) is 0 Å². The van der Waals surface area contributed by atoms with Crippen LogP contribution in [0.5, 0.6) is 0 Å². The van der Waals surface area contributed by atoms with Crippen LogP contribution in [0, 0.1) is 0 Å². The van der Waals surface area contributed by atoms with Crippen LogP contribution < -0.4 is 10.2 Å². The van der Waals surface area contributed by atoms with Crippen LogP contribution in [0.1, 0.15) is 32.3 Å². The summed E-state index contributed by atoms with van der Waals surface area (Å²) in [5.74, 6) is 0. The van der Waals surface area contributed by atoms with Crippen LogP contribution in [0.25, 0.3) is 0 Å². The van der Waals surface area contributed by atoms with E-state index < -0.39 is 0 Å². The summed E-state index contributed by atoms with van der Waals surface area (Å²) in [5, 5.41) is 3.51. The van der Waals surface area contributed by atoms with Gasteiger partial charge < -0.3 is 15.1 Å². The van der Waals surface area contributed by atoms with Crippen molar-refractivity contribution in [2.75, 3.05) is 32.1 Å². The third-order valence-corrected chi connectivity index (χ3v) is 4.12. The Hall–Kier alpha value is -1.13. The zero-order chi connectivity index (χ0) is 14.5. The fourth-order valence-electron chi connectivity index (χ4n) is 2.79. The molecule has 0 atom stereocenters. The summed E-state index contributed by atoms with van der Waals surface area (Å²) in [6.45, 7) is 7.54. The van der Waals surface area contributed by atoms with E-state index in [4.69, 9.17) is 0 Å². The molecule has 0 unspecified atom stereocenters. The summed E-state index contributed by atoms with van der Waals surface area (Å²) in [6, 6.07) is 3.37. The van der Waals surface area contributed by atoms with Gasteiger partial charge in [-0.3, -0.25) is 4.98 Å². The Morgan fingerprint density at radius 1 is 1.35 bits per heavy atom. The van der Waals surface area contributed by atoms with Crippen LogP contribution in [0.4, 0.5) is 5.69 Å². The Bertz CT molecular complexity index is 409. The van der Waals surface area contributed by atoms with Gasteiger partial charge in [0.15, 0.2) is 0 Å². The molecule has 0 spiro atoms. The van der Waals surface area contributed by atoms with Crippen molar-refractivity contribution in [1.82, 2.24) is 15.2 Å². The molecule has 1 aromatic heterocycles. The minimum absolute atomic E-state index is 0.510. The lowest BCUT2D eigenvalue weighted by molar-refractivity contribution is 0.249. The molecule has 0 aliphatic carbocycles.